The number of para-hydroxylation sites is 1. The van der Waals surface area contributed by atoms with Crippen LogP contribution in [0.4, 0.5) is 10.5 Å². The summed E-state index contributed by atoms with van der Waals surface area (Å²) in [5.74, 6) is 0. The molecule has 0 heterocycles. The van der Waals surface area contributed by atoms with E-state index in [1.807, 2.05) is 24.3 Å². The van der Waals surface area contributed by atoms with Crippen molar-refractivity contribution in [3.05, 3.63) is 24.3 Å². The summed E-state index contributed by atoms with van der Waals surface area (Å²) in [4.78, 5) is 11.4. The molecule has 1 rings (SSSR count). The highest BCUT2D eigenvalue weighted by molar-refractivity contribution is 8.13. The molecule has 0 bridgehead atoms. The summed E-state index contributed by atoms with van der Waals surface area (Å²) in [6.07, 6.45) is 0. The van der Waals surface area contributed by atoms with Crippen molar-refractivity contribution >= 4 is 22.7 Å². The molecule has 3 N–H and O–H groups in total. The van der Waals surface area contributed by atoms with Crippen LogP contribution in [0.2, 0.25) is 0 Å². The number of carbonyl (C=O) groups is 1. The van der Waals surface area contributed by atoms with Gasteiger partial charge in [-0.3, -0.25) is 4.79 Å². The summed E-state index contributed by atoms with van der Waals surface area (Å²) >= 11 is 1.03. The molecule has 0 aliphatic heterocycles. The maximum Gasteiger partial charge on any atom is 0.281 e. The van der Waals surface area contributed by atoms with Gasteiger partial charge in [-0.15, -0.1) is 0 Å². The van der Waals surface area contributed by atoms with Gasteiger partial charge in [-0.1, -0.05) is 12.1 Å². The third kappa shape index (κ3) is 2.17. The summed E-state index contributed by atoms with van der Waals surface area (Å²) in [5, 5.41) is 2.58. The SMILES string of the molecule is CNc1ccccc1SC(N)=O. The molecule has 1 aromatic carbocycles. The number of thioether (sulfide) groups is 1. The standard InChI is InChI=1S/C8H10N2OS/c1-10-6-4-2-3-5-7(6)12-8(9)11/h2-5,10H,1H3,(H2,9,11). The van der Waals surface area contributed by atoms with Crippen LogP contribution >= 0.6 is 11.8 Å². The van der Waals surface area contributed by atoms with E-state index in [1.54, 1.807) is 7.05 Å². The van der Waals surface area contributed by atoms with Crippen molar-refractivity contribution < 1.29 is 4.79 Å². The van der Waals surface area contributed by atoms with Crippen LogP contribution in [-0.4, -0.2) is 12.3 Å². The number of primary amides is 1. The molecule has 3 nitrogen and oxygen atoms in total. The molecule has 0 spiro atoms. The van der Waals surface area contributed by atoms with E-state index in [1.165, 1.54) is 0 Å². The quantitative estimate of drug-likeness (QED) is 0.687. The van der Waals surface area contributed by atoms with Gasteiger partial charge in [0.2, 0.25) is 0 Å². The predicted octanol–water partition coefficient (Wildman–Crippen LogP) is 1.90. The number of nitrogens with one attached hydrogen (secondary N) is 1. The number of benzene rings is 1. The molecule has 0 radical (unpaired) electrons. The van der Waals surface area contributed by atoms with Gasteiger partial charge in [0, 0.05) is 17.6 Å². The second-order valence-corrected chi connectivity index (χ2v) is 3.21. The van der Waals surface area contributed by atoms with Crippen LogP contribution in [0.3, 0.4) is 0 Å². The Kier molecular flexibility index (Phi) is 2.99. The molecule has 0 atom stereocenters. The van der Waals surface area contributed by atoms with Crippen molar-refractivity contribution in [1.82, 2.24) is 0 Å². The summed E-state index contributed by atoms with van der Waals surface area (Å²) in [6.45, 7) is 0. The lowest BCUT2D eigenvalue weighted by Gasteiger charge is -2.04. The molecular formula is C8H10N2OS. The maximum atomic E-state index is 10.6. The Balaban J connectivity index is 2.89. The number of amides is 1. The van der Waals surface area contributed by atoms with Gasteiger partial charge in [-0.2, -0.15) is 0 Å². The second kappa shape index (κ2) is 4.01. The lowest BCUT2D eigenvalue weighted by Crippen LogP contribution is -2.02. The molecule has 0 aliphatic carbocycles. The van der Waals surface area contributed by atoms with E-state index >= 15 is 0 Å². The van der Waals surface area contributed by atoms with Crippen LogP contribution in [0, 0.1) is 0 Å². The van der Waals surface area contributed by atoms with Crippen LogP contribution in [0.25, 0.3) is 0 Å². The van der Waals surface area contributed by atoms with Crippen molar-refractivity contribution in [2.24, 2.45) is 5.73 Å². The minimum absolute atomic E-state index is 0.391. The zero-order chi connectivity index (χ0) is 8.97. The Hall–Kier alpha value is -1.16. The van der Waals surface area contributed by atoms with E-state index in [4.69, 9.17) is 5.73 Å². The minimum atomic E-state index is -0.391. The number of nitrogens with two attached hydrogens (primary N) is 1. The van der Waals surface area contributed by atoms with Crippen molar-refractivity contribution in [2.45, 2.75) is 4.90 Å². The summed E-state index contributed by atoms with van der Waals surface area (Å²) < 4.78 is 0. The fourth-order valence-electron chi connectivity index (χ4n) is 0.871. The van der Waals surface area contributed by atoms with Gasteiger partial charge in [-0.25, -0.2) is 0 Å². The zero-order valence-electron chi connectivity index (χ0n) is 6.70. The lowest BCUT2D eigenvalue weighted by molar-refractivity contribution is 0.267. The van der Waals surface area contributed by atoms with Crippen LogP contribution < -0.4 is 11.1 Å². The van der Waals surface area contributed by atoms with Crippen molar-refractivity contribution in [3.63, 3.8) is 0 Å². The Morgan fingerprint density at radius 3 is 2.75 bits per heavy atom. The first-order valence-electron chi connectivity index (χ1n) is 3.48. The van der Waals surface area contributed by atoms with Gasteiger partial charge in [0.25, 0.3) is 5.24 Å². The molecular weight excluding hydrogens is 172 g/mol. The fraction of sp³-hybridized carbons (Fsp3) is 0.125. The first-order valence-corrected chi connectivity index (χ1v) is 4.29. The maximum absolute atomic E-state index is 10.6. The highest BCUT2D eigenvalue weighted by Gasteiger charge is 2.02. The number of anilines is 1. The monoisotopic (exact) mass is 182 g/mol. The molecule has 4 heteroatoms. The highest BCUT2D eigenvalue weighted by atomic mass is 32.2. The average molecular weight is 182 g/mol. The smallest absolute Gasteiger partial charge is 0.281 e. The third-order valence-electron chi connectivity index (χ3n) is 1.37. The normalized spacial score (nSPS) is 9.42. The molecule has 0 fully saturated rings. The first-order chi connectivity index (χ1) is 5.74. The summed E-state index contributed by atoms with van der Waals surface area (Å²) in [6, 6.07) is 7.51. The summed E-state index contributed by atoms with van der Waals surface area (Å²) in [7, 11) is 1.81. The zero-order valence-corrected chi connectivity index (χ0v) is 7.52. The van der Waals surface area contributed by atoms with E-state index in [-0.39, 0.29) is 0 Å². The van der Waals surface area contributed by atoms with Crippen LogP contribution in [-0.2, 0) is 0 Å². The summed E-state index contributed by atoms with van der Waals surface area (Å²) in [5.41, 5.74) is 5.96. The fourth-order valence-corrected chi connectivity index (χ4v) is 1.51. The molecule has 0 saturated heterocycles. The Morgan fingerprint density at radius 2 is 2.17 bits per heavy atom. The molecule has 64 valence electrons. The van der Waals surface area contributed by atoms with Gasteiger partial charge in [0.1, 0.15) is 0 Å². The topological polar surface area (TPSA) is 55.1 Å². The van der Waals surface area contributed by atoms with E-state index in [2.05, 4.69) is 5.32 Å². The van der Waals surface area contributed by atoms with Gasteiger partial charge in [-0.05, 0) is 23.9 Å². The van der Waals surface area contributed by atoms with Gasteiger partial charge in [0.15, 0.2) is 0 Å². The van der Waals surface area contributed by atoms with E-state index in [0.717, 1.165) is 22.3 Å². The molecule has 12 heavy (non-hydrogen) atoms. The molecule has 1 amide bonds. The van der Waals surface area contributed by atoms with E-state index in [9.17, 15) is 4.79 Å². The number of hydrogen-bond acceptors (Lipinski definition) is 3. The predicted molar refractivity (Wildman–Crippen MR) is 51.4 cm³/mol. The largest absolute Gasteiger partial charge is 0.387 e. The average Bonchev–Trinajstić information content (AvgIpc) is 2.04. The van der Waals surface area contributed by atoms with E-state index in [0.29, 0.717) is 0 Å². The van der Waals surface area contributed by atoms with Crippen molar-refractivity contribution in [2.75, 3.05) is 12.4 Å². The number of rotatable bonds is 2. The number of hydrogen-bond donors (Lipinski definition) is 2. The Morgan fingerprint density at radius 1 is 1.50 bits per heavy atom. The Labute approximate surface area is 75.3 Å². The van der Waals surface area contributed by atoms with E-state index < -0.39 is 5.24 Å². The van der Waals surface area contributed by atoms with Gasteiger partial charge >= 0.3 is 0 Å². The Bertz CT molecular complexity index is 288. The molecule has 0 aliphatic rings. The van der Waals surface area contributed by atoms with Crippen molar-refractivity contribution in [1.29, 1.82) is 0 Å². The molecule has 0 saturated carbocycles. The van der Waals surface area contributed by atoms with Crippen molar-refractivity contribution in [3.8, 4) is 0 Å². The third-order valence-corrected chi connectivity index (χ3v) is 2.14. The molecule has 0 aromatic heterocycles. The highest BCUT2D eigenvalue weighted by Crippen LogP contribution is 2.25. The lowest BCUT2D eigenvalue weighted by atomic mass is 10.3. The molecule has 1 aromatic rings. The van der Waals surface area contributed by atoms with Crippen LogP contribution in [0.15, 0.2) is 29.2 Å². The first kappa shape index (κ1) is 8.93. The van der Waals surface area contributed by atoms with Gasteiger partial charge in [0.05, 0.1) is 0 Å². The second-order valence-electron chi connectivity index (χ2n) is 2.17. The minimum Gasteiger partial charge on any atom is -0.387 e. The van der Waals surface area contributed by atoms with Gasteiger partial charge < -0.3 is 11.1 Å². The number of carbonyl (C=O) groups excluding carboxylic acids is 1. The van der Waals surface area contributed by atoms with Crippen LogP contribution in [0.1, 0.15) is 0 Å². The van der Waals surface area contributed by atoms with Crippen LogP contribution in [0.5, 0.6) is 0 Å². The molecule has 0 unspecified atom stereocenters.